The number of halogens is 2. The molecule has 0 spiro atoms. The Bertz CT molecular complexity index is 355. The lowest BCUT2D eigenvalue weighted by atomic mass is 10.2. The van der Waals surface area contributed by atoms with Crippen LogP contribution in [0.4, 0.5) is 0 Å². The Hall–Kier alpha value is 0.150. The van der Waals surface area contributed by atoms with E-state index in [-0.39, 0.29) is 5.91 Å². The average molecular weight is 457 g/mol. The largest absolute Gasteiger partial charge is 0.352 e. The Morgan fingerprint density at radius 1 is 1.18 bits per heavy atom. The smallest absolute Gasteiger partial charge is 0.251 e. The zero-order valence-electron chi connectivity index (χ0n) is 9.72. The second-order valence-electron chi connectivity index (χ2n) is 3.87. The number of alkyl halides is 1. The molecule has 1 rings (SSSR count). The predicted octanol–water partition coefficient (Wildman–Crippen LogP) is 4.02. The van der Waals surface area contributed by atoms with Gasteiger partial charge in [0.25, 0.3) is 5.91 Å². The van der Waals surface area contributed by atoms with Crippen molar-refractivity contribution in [2.24, 2.45) is 0 Å². The van der Waals surface area contributed by atoms with Crippen molar-refractivity contribution in [3.8, 4) is 0 Å². The van der Waals surface area contributed by atoms with E-state index < -0.39 is 0 Å². The van der Waals surface area contributed by atoms with Gasteiger partial charge in [0.2, 0.25) is 0 Å². The molecule has 0 bridgehead atoms. The molecule has 4 heteroatoms. The van der Waals surface area contributed by atoms with Crippen molar-refractivity contribution in [2.45, 2.75) is 25.7 Å². The third kappa shape index (κ3) is 6.59. The number of nitrogens with one attached hydrogen (secondary N) is 1. The Labute approximate surface area is 130 Å². The summed E-state index contributed by atoms with van der Waals surface area (Å²) in [5, 5.41) is 2.96. The van der Waals surface area contributed by atoms with E-state index in [1.807, 2.05) is 24.3 Å². The predicted molar refractivity (Wildman–Crippen MR) is 88.8 cm³/mol. The second kappa shape index (κ2) is 9.13. The van der Waals surface area contributed by atoms with E-state index in [2.05, 4.69) is 50.5 Å². The van der Waals surface area contributed by atoms with Crippen LogP contribution in [-0.2, 0) is 0 Å². The zero-order valence-corrected chi connectivity index (χ0v) is 14.0. The van der Waals surface area contributed by atoms with Crippen LogP contribution < -0.4 is 5.32 Å². The van der Waals surface area contributed by atoms with Gasteiger partial charge in [-0.15, -0.1) is 0 Å². The highest BCUT2D eigenvalue weighted by Gasteiger charge is 2.04. The zero-order chi connectivity index (χ0) is 12.5. The number of unbranched alkanes of at least 4 members (excludes halogenated alkanes) is 3. The molecule has 0 aliphatic rings. The van der Waals surface area contributed by atoms with Crippen LogP contribution in [0.1, 0.15) is 36.0 Å². The van der Waals surface area contributed by atoms with E-state index in [9.17, 15) is 4.79 Å². The van der Waals surface area contributed by atoms with Gasteiger partial charge in [-0.25, -0.2) is 0 Å². The third-order valence-electron chi connectivity index (χ3n) is 2.43. The van der Waals surface area contributed by atoms with Crippen molar-refractivity contribution in [3.63, 3.8) is 0 Å². The maximum Gasteiger partial charge on any atom is 0.251 e. The summed E-state index contributed by atoms with van der Waals surface area (Å²) in [6.45, 7) is 0.783. The van der Waals surface area contributed by atoms with Crippen LogP contribution in [0.15, 0.2) is 24.3 Å². The molecule has 0 atom stereocenters. The van der Waals surface area contributed by atoms with Crippen LogP contribution in [0, 0.1) is 3.57 Å². The third-order valence-corrected chi connectivity index (χ3v) is 3.87. The summed E-state index contributed by atoms with van der Waals surface area (Å²) >= 11 is 4.62. The topological polar surface area (TPSA) is 29.1 Å². The fourth-order valence-electron chi connectivity index (χ4n) is 1.51. The molecule has 1 amide bonds. The summed E-state index contributed by atoms with van der Waals surface area (Å²) in [7, 11) is 0. The van der Waals surface area contributed by atoms with Gasteiger partial charge in [-0.1, -0.05) is 41.5 Å². The van der Waals surface area contributed by atoms with Crippen molar-refractivity contribution in [3.05, 3.63) is 33.4 Å². The SMILES string of the molecule is O=C(NCCCCCCI)c1cccc(I)c1. The van der Waals surface area contributed by atoms with E-state index in [0.29, 0.717) is 0 Å². The lowest BCUT2D eigenvalue weighted by Crippen LogP contribution is -2.24. The van der Waals surface area contributed by atoms with Crippen molar-refractivity contribution >= 4 is 51.1 Å². The van der Waals surface area contributed by atoms with Gasteiger partial charge in [0.05, 0.1) is 0 Å². The van der Waals surface area contributed by atoms with E-state index >= 15 is 0 Å². The first kappa shape index (κ1) is 15.2. The standard InChI is InChI=1S/C13H17I2NO/c14-8-3-1-2-4-9-16-13(17)11-6-5-7-12(15)10-11/h5-7,10H,1-4,8-9H2,(H,16,17). The van der Waals surface area contributed by atoms with Crippen LogP contribution in [0.3, 0.4) is 0 Å². The molecule has 0 aliphatic heterocycles. The molecule has 0 aromatic heterocycles. The maximum atomic E-state index is 11.8. The molecule has 0 saturated heterocycles. The number of carbonyl (C=O) groups is 1. The van der Waals surface area contributed by atoms with Crippen LogP contribution >= 0.6 is 45.2 Å². The molecule has 0 fully saturated rings. The van der Waals surface area contributed by atoms with Gasteiger partial charge in [-0.05, 0) is 58.1 Å². The molecular weight excluding hydrogens is 440 g/mol. The lowest BCUT2D eigenvalue weighted by Gasteiger charge is -2.05. The summed E-state index contributed by atoms with van der Waals surface area (Å²) < 4.78 is 2.32. The van der Waals surface area contributed by atoms with Gasteiger partial charge in [0.15, 0.2) is 0 Å². The summed E-state index contributed by atoms with van der Waals surface area (Å²) in [5.74, 6) is 0.0393. The van der Waals surface area contributed by atoms with Crippen molar-refractivity contribution in [1.82, 2.24) is 5.32 Å². The highest BCUT2D eigenvalue weighted by Crippen LogP contribution is 2.07. The van der Waals surface area contributed by atoms with Crippen molar-refractivity contribution in [1.29, 1.82) is 0 Å². The molecule has 0 radical (unpaired) electrons. The van der Waals surface area contributed by atoms with E-state index in [1.54, 1.807) is 0 Å². The van der Waals surface area contributed by atoms with Gasteiger partial charge in [0, 0.05) is 15.7 Å². The molecular formula is C13H17I2NO. The summed E-state index contributed by atoms with van der Waals surface area (Å²) in [4.78, 5) is 11.8. The van der Waals surface area contributed by atoms with Gasteiger partial charge >= 0.3 is 0 Å². The molecule has 2 nitrogen and oxygen atoms in total. The van der Waals surface area contributed by atoms with E-state index in [4.69, 9.17) is 0 Å². The Morgan fingerprint density at radius 2 is 1.94 bits per heavy atom. The first-order valence-electron chi connectivity index (χ1n) is 5.84. The Kier molecular flexibility index (Phi) is 8.17. The van der Waals surface area contributed by atoms with E-state index in [1.165, 1.54) is 23.7 Å². The molecule has 94 valence electrons. The van der Waals surface area contributed by atoms with Crippen LogP contribution in [0.5, 0.6) is 0 Å². The van der Waals surface area contributed by atoms with Gasteiger partial charge in [-0.2, -0.15) is 0 Å². The Balaban J connectivity index is 2.21. The summed E-state index contributed by atoms with van der Waals surface area (Å²) in [5.41, 5.74) is 0.754. The number of rotatable bonds is 7. The summed E-state index contributed by atoms with van der Waals surface area (Å²) in [6.07, 6.45) is 4.83. The molecule has 17 heavy (non-hydrogen) atoms. The molecule has 0 saturated carbocycles. The van der Waals surface area contributed by atoms with Crippen LogP contribution in [0.25, 0.3) is 0 Å². The van der Waals surface area contributed by atoms with Gasteiger partial charge < -0.3 is 5.32 Å². The fraction of sp³-hybridized carbons (Fsp3) is 0.462. The second-order valence-corrected chi connectivity index (χ2v) is 6.19. The number of hydrogen-bond acceptors (Lipinski definition) is 1. The van der Waals surface area contributed by atoms with Crippen molar-refractivity contribution < 1.29 is 4.79 Å². The molecule has 1 aromatic carbocycles. The minimum atomic E-state index is 0.0393. The number of amides is 1. The first-order chi connectivity index (χ1) is 8.24. The number of carbonyl (C=O) groups excluding carboxylic acids is 1. The maximum absolute atomic E-state index is 11.8. The number of hydrogen-bond donors (Lipinski definition) is 1. The average Bonchev–Trinajstić information content (AvgIpc) is 2.33. The molecule has 1 aromatic rings. The van der Waals surface area contributed by atoms with Gasteiger partial charge in [0.1, 0.15) is 0 Å². The quantitative estimate of drug-likeness (QED) is 0.375. The first-order valence-corrected chi connectivity index (χ1v) is 8.44. The fourth-order valence-corrected chi connectivity index (χ4v) is 2.59. The highest BCUT2D eigenvalue weighted by molar-refractivity contribution is 14.1. The molecule has 0 aliphatic carbocycles. The van der Waals surface area contributed by atoms with Gasteiger partial charge in [-0.3, -0.25) is 4.79 Å². The van der Waals surface area contributed by atoms with Crippen molar-refractivity contribution in [2.75, 3.05) is 11.0 Å². The normalized spacial score (nSPS) is 10.2. The Morgan fingerprint density at radius 3 is 2.65 bits per heavy atom. The minimum Gasteiger partial charge on any atom is -0.352 e. The summed E-state index contributed by atoms with van der Waals surface area (Å²) in [6, 6.07) is 7.66. The number of benzene rings is 1. The van der Waals surface area contributed by atoms with Crippen LogP contribution in [0.2, 0.25) is 0 Å². The highest BCUT2D eigenvalue weighted by atomic mass is 127. The molecule has 0 unspecified atom stereocenters. The van der Waals surface area contributed by atoms with Crippen LogP contribution in [-0.4, -0.2) is 16.9 Å². The lowest BCUT2D eigenvalue weighted by molar-refractivity contribution is 0.0953. The molecule has 1 N–H and O–H groups in total. The minimum absolute atomic E-state index is 0.0393. The monoisotopic (exact) mass is 457 g/mol. The van der Waals surface area contributed by atoms with E-state index in [0.717, 1.165) is 22.1 Å². The molecule has 0 heterocycles.